The Morgan fingerprint density at radius 2 is 1.80 bits per heavy atom. The number of hydrogen-bond donors (Lipinski definition) is 2. The second-order valence-corrected chi connectivity index (χ2v) is 9.18. The summed E-state index contributed by atoms with van der Waals surface area (Å²) in [6.45, 7) is 0. The first kappa shape index (κ1) is 24.5. The maximum Gasteiger partial charge on any atom is 0.220 e. The van der Waals surface area contributed by atoms with Crippen LogP contribution >= 0.6 is 0 Å². The number of rotatable bonds is 10. The molecule has 0 aliphatic carbocycles. The number of amides is 2. The lowest BCUT2D eigenvalue weighted by atomic mass is 9.84. The number of halogens is 1. The van der Waals surface area contributed by atoms with Gasteiger partial charge in [-0.25, -0.2) is 4.39 Å². The zero-order valence-electron chi connectivity index (χ0n) is 19.9. The minimum atomic E-state index is -0.663. The molecule has 6 heteroatoms. The highest BCUT2D eigenvalue weighted by Crippen LogP contribution is 2.32. The van der Waals surface area contributed by atoms with E-state index in [4.69, 9.17) is 4.74 Å². The Labute approximate surface area is 205 Å². The van der Waals surface area contributed by atoms with Gasteiger partial charge < -0.3 is 15.4 Å². The van der Waals surface area contributed by atoms with Gasteiger partial charge >= 0.3 is 0 Å². The number of nitrogens with one attached hydrogen (secondary N) is 2. The van der Waals surface area contributed by atoms with Crippen LogP contribution in [0.5, 0.6) is 5.75 Å². The summed E-state index contributed by atoms with van der Waals surface area (Å²) in [4.78, 5) is 25.2. The number of carbonyl (C=O) groups excluding carboxylic acids is 2. The Balaban J connectivity index is 1.46. The molecule has 3 aromatic carbocycles. The molecule has 35 heavy (non-hydrogen) atoms. The third-order valence-corrected chi connectivity index (χ3v) is 6.67. The van der Waals surface area contributed by atoms with Crippen LogP contribution in [0.15, 0.2) is 78.9 Å². The zero-order valence-corrected chi connectivity index (χ0v) is 19.9. The van der Waals surface area contributed by atoms with Gasteiger partial charge in [0.15, 0.2) is 0 Å². The summed E-state index contributed by atoms with van der Waals surface area (Å²) in [5.74, 6) is 0.0504. The van der Waals surface area contributed by atoms with E-state index in [-0.39, 0.29) is 30.1 Å². The third kappa shape index (κ3) is 6.47. The Morgan fingerprint density at radius 3 is 2.46 bits per heavy atom. The molecule has 0 radical (unpaired) electrons. The van der Waals surface area contributed by atoms with Gasteiger partial charge in [0, 0.05) is 18.4 Å². The highest BCUT2D eigenvalue weighted by molar-refractivity contribution is 5.80. The SMILES string of the molecule is COc1ccc(F)c(C[C@]2(CCC(=O)N[C@@H](Cc3ccccc3)c3ccccc3)CCC(=O)N2)c1. The van der Waals surface area contributed by atoms with Crippen molar-refractivity contribution in [1.29, 1.82) is 0 Å². The van der Waals surface area contributed by atoms with Gasteiger partial charge in [0.25, 0.3) is 0 Å². The molecule has 1 aliphatic rings. The molecular formula is C29H31FN2O3. The minimum absolute atomic E-state index is 0.0695. The van der Waals surface area contributed by atoms with Gasteiger partial charge in [0.2, 0.25) is 11.8 Å². The fourth-order valence-electron chi connectivity index (χ4n) is 4.77. The van der Waals surface area contributed by atoms with Gasteiger partial charge in [-0.3, -0.25) is 9.59 Å². The van der Waals surface area contributed by atoms with E-state index >= 15 is 0 Å². The van der Waals surface area contributed by atoms with Crippen molar-refractivity contribution >= 4 is 11.8 Å². The summed E-state index contributed by atoms with van der Waals surface area (Å²) in [7, 11) is 1.53. The molecule has 2 amide bonds. The molecule has 1 aliphatic heterocycles. The predicted molar refractivity (Wildman–Crippen MR) is 133 cm³/mol. The molecule has 1 heterocycles. The zero-order chi connectivity index (χ0) is 24.7. The van der Waals surface area contributed by atoms with E-state index in [1.165, 1.54) is 13.2 Å². The number of benzene rings is 3. The van der Waals surface area contributed by atoms with E-state index in [1.54, 1.807) is 12.1 Å². The molecule has 4 rings (SSSR count). The maximum atomic E-state index is 14.5. The van der Waals surface area contributed by atoms with Crippen molar-refractivity contribution in [3.63, 3.8) is 0 Å². The first-order valence-electron chi connectivity index (χ1n) is 12.0. The molecule has 5 nitrogen and oxygen atoms in total. The summed E-state index contributed by atoms with van der Waals surface area (Å²) in [6.07, 6.45) is 2.56. The van der Waals surface area contributed by atoms with Crippen LogP contribution < -0.4 is 15.4 Å². The van der Waals surface area contributed by atoms with Gasteiger partial charge in [0.1, 0.15) is 11.6 Å². The van der Waals surface area contributed by atoms with E-state index in [0.717, 1.165) is 11.1 Å². The molecule has 0 bridgehead atoms. The Hall–Kier alpha value is -3.67. The first-order valence-corrected chi connectivity index (χ1v) is 12.0. The fraction of sp³-hybridized carbons (Fsp3) is 0.310. The van der Waals surface area contributed by atoms with Crippen LogP contribution in [0.25, 0.3) is 0 Å². The van der Waals surface area contributed by atoms with E-state index in [0.29, 0.717) is 43.4 Å². The summed E-state index contributed by atoms with van der Waals surface area (Å²) in [5.41, 5.74) is 1.98. The molecule has 1 saturated heterocycles. The van der Waals surface area contributed by atoms with Crippen molar-refractivity contribution in [1.82, 2.24) is 10.6 Å². The number of hydrogen-bond acceptors (Lipinski definition) is 3. The van der Waals surface area contributed by atoms with E-state index in [9.17, 15) is 14.0 Å². The van der Waals surface area contributed by atoms with Crippen LogP contribution in [0.3, 0.4) is 0 Å². The number of ether oxygens (including phenoxy) is 1. The van der Waals surface area contributed by atoms with E-state index < -0.39 is 5.54 Å². The van der Waals surface area contributed by atoms with E-state index in [2.05, 4.69) is 10.6 Å². The number of methoxy groups -OCH3 is 1. The quantitative estimate of drug-likeness (QED) is 0.439. The lowest BCUT2D eigenvalue weighted by Crippen LogP contribution is -2.45. The number of carbonyl (C=O) groups is 2. The molecule has 0 spiro atoms. The summed E-state index contributed by atoms with van der Waals surface area (Å²) < 4.78 is 19.8. The Morgan fingerprint density at radius 1 is 1.09 bits per heavy atom. The van der Waals surface area contributed by atoms with Crippen LogP contribution in [0, 0.1) is 5.82 Å². The molecule has 2 atom stereocenters. The van der Waals surface area contributed by atoms with Gasteiger partial charge in [0.05, 0.1) is 13.2 Å². The van der Waals surface area contributed by atoms with Gasteiger partial charge in [-0.1, -0.05) is 60.7 Å². The average molecular weight is 475 g/mol. The summed E-state index contributed by atoms with van der Waals surface area (Å²) >= 11 is 0. The van der Waals surface area contributed by atoms with Crippen LogP contribution in [0.4, 0.5) is 4.39 Å². The lowest BCUT2D eigenvalue weighted by molar-refractivity contribution is -0.123. The highest BCUT2D eigenvalue weighted by atomic mass is 19.1. The van der Waals surface area contributed by atoms with Crippen molar-refractivity contribution < 1.29 is 18.7 Å². The smallest absolute Gasteiger partial charge is 0.220 e. The van der Waals surface area contributed by atoms with Gasteiger partial charge in [-0.05, 0) is 60.6 Å². The summed E-state index contributed by atoms with van der Waals surface area (Å²) in [5, 5.41) is 6.22. The molecule has 0 saturated carbocycles. The van der Waals surface area contributed by atoms with Crippen molar-refractivity contribution in [3.05, 3.63) is 101 Å². The Bertz CT molecular complexity index is 1150. The van der Waals surface area contributed by atoms with Crippen LogP contribution in [-0.4, -0.2) is 24.5 Å². The van der Waals surface area contributed by atoms with Crippen LogP contribution in [0.1, 0.15) is 48.4 Å². The highest BCUT2D eigenvalue weighted by Gasteiger charge is 2.38. The average Bonchev–Trinajstić information content (AvgIpc) is 3.25. The molecule has 1 fully saturated rings. The maximum absolute atomic E-state index is 14.5. The van der Waals surface area contributed by atoms with Crippen molar-refractivity contribution in [2.24, 2.45) is 0 Å². The van der Waals surface area contributed by atoms with Crippen LogP contribution in [0.2, 0.25) is 0 Å². The third-order valence-electron chi connectivity index (χ3n) is 6.67. The fourth-order valence-corrected chi connectivity index (χ4v) is 4.77. The minimum Gasteiger partial charge on any atom is -0.497 e. The largest absolute Gasteiger partial charge is 0.497 e. The van der Waals surface area contributed by atoms with Crippen LogP contribution in [-0.2, 0) is 22.4 Å². The predicted octanol–water partition coefficient (Wildman–Crippen LogP) is 4.91. The summed E-state index contributed by atoms with van der Waals surface area (Å²) in [6, 6.07) is 24.4. The Kier molecular flexibility index (Phi) is 7.80. The molecular weight excluding hydrogens is 443 g/mol. The standard InChI is InChI=1S/C29H31FN2O3/c1-35-24-12-13-25(30)23(19-24)20-29(17-15-28(34)32-29)16-14-27(33)31-26(22-10-6-3-7-11-22)18-21-8-4-2-5-9-21/h2-13,19,26H,14-18,20H2,1H3,(H,31,33)(H,32,34)/t26-,29-/m0/s1. The lowest BCUT2D eigenvalue weighted by Gasteiger charge is -2.30. The molecule has 2 N–H and O–H groups in total. The normalized spacial score (nSPS) is 18.1. The molecule has 0 aromatic heterocycles. The van der Waals surface area contributed by atoms with E-state index in [1.807, 2.05) is 60.7 Å². The van der Waals surface area contributed by atoms with Crippen molar-refractivity contribution in [2.45, 2.75) is 50.1 Å². The topological polar surface area (TPSA) is 67.4 Å². The van der Waals surface area contributed by atoms with Crippen molar-refractivity contribution in [2.75, 3.05) is 7.11 Å². The van der Waals surface area contributed by atoms with Crippen molar-refractivity contribution in [3.8, 4) is 5.75 Å². The second kappa shape index (κ2) is 11.2. The van der Waals surface area contributed by atoms with Gasteiger partial charge in [-0.2, -0.15) is 0 Å². The molecule has 3 aromatic rings. The van der Waals surface area contributed by atoms with Gasteiger partial charge in [-0.15, -0.1) is 0 Å². The second-order valence-electron chi connectivity index (χ2n) is 9.18. The monoisotopic (exact) mass is 474 g/mol. The first-order chi connectivity index (χ1) is 17.0. The molecule has 0 unspecified atom stereocenters. The molecule has 182 valence electrons.